The maximum atomic E-state index is 12.6. The Labute approximate surface area is 302 Å². The zero-order chi connectivity index (χ0) is 36.0. The molecule has 0 saturated carbocycles. The van der Waals surface area contributed by atoms with Crippen LogP contribution in [0.1, 0.15) is 187 Å². The smallest absolute Gasteiger partial charge is 0.306 e. The third-order valence-corrected chi connectivity index (χ3v) is 8.81. The molecule has 286 valence electrons. The van der Waals surface area contributed by atoms with E-state index in [-0.39, 0.29) is 24.0 Å². The zero-order valence-corrected chi connectivity index (χ0v) is 32.5. The summed E-state index contributed by atoms with van der Waals surface area (Å²) in [5.74, 6) is -0.218. The van der Waals surface area contributed by atoms with Crippen LogP contribution in [0.2, 0.25) is 0 Å². The Kier molecular flexibility index (Phi) is 35.5. The maximum Gasteiger partial charge on any atom is 0.306 e. The molecule has 0 radical (unpaired) electrons. The number of ether oxygens (including phenoxy) is 3. The summed E-state index contributed by atoms with van der Waals surface area (Å²) < 4.78 is 16.5. The predicted molar refractivity (Wildman–Crippen MR) is 205 cm³/mol. The monoisotopic (exact) mass is 692 g/mol. The number of allylic oxidation sites excluding steroid dienone is 2. The van der Waals surface area contributed by atoms with Gasteiger partial charge in [-0.3, -0.25) is 14.4 Å². The van der Waals surface area contributed by atoms with E-state index in [1.807, 2.05) is 12.2 Å². The second-order valence-electron chi connectivity index (χ2n) is 14.0. The van der Waals surface area contributed by atoms with Crippen molar-refractivity contribution in [1.82, 2.24) is 4.90 Å². The molecule has 7 nitrogen and oxygen atoms in total. The number of hydrogen-bond acceptors (Lipinski definition) is 7. The molecule has 0 aromatic carbocycles. The summed E-state index contributed by atoms with van der Waals surface area (Å²) in [5.41, 5.74) is 0. The van der Waals surface area contributed by atoms with Gasteiger partial charge >= 0.3 is 17.9 Å². The van der Waals surface area contributed by atoms with Crippen LogP contribution in [-0.2, 0) is 28.6 Å². The van der Waals surface area contributed by atoms with E-state index in [1.165, 1.54) is 51.4 Å². The largest absolute Gasteiger partial charge is 0.462 e. The van der Waals surface area contributed by atoms with Gasteiger partial charge in [-0.05, 0) is 84.8 Å². The van der Waals surface area contributed by atoms with Crippen molar-refractivity contribution in [2.75, 3.05) is 33.9 Å². The Morgan fingerprint density at radius 3 is 1.31 bits per heavy atom. The molecule has 0 fully saturated rings. The first kappa shape index (κ1) is 46.9. The molecule has 0 amide bonds. The van der Waals surface area contributed by atoms with Crippen molar-refractivity contribution in [3.8, 4) is 0 Å². The average Bonchev–Trinajstić information content (AvgIpc) is 3.07. The number of unbranched alkanes of at least 4 members (excludes halogenated alkanes) is 17. The summed E-state index contributed by atoms with van der Waals surface area (Å²) in [5, 5.41) is 0. The molecule has 0 aliphatic heterocycles. The maximum absolute atomic E-state index is 12.6. The molecule has 0 aliphatic carbocycles. The predicted octanol–water partition coefficient (Wildman–Crippen LogP) is 11.2. The lowest BCUT2D eigenvalue weighted by molar-refractivity contribution is -0.150. The van der Waals surface area contributed by atoms with E-state index in [9.17, 15) is 14.4 Å². The number of rotatable bonds is 36. The van der Waals surface area contributed by atoms with Crippen molar-refractivity contribution in [3.63, 3.8) is 0 Å². The highest BCUT2D eigenvalue weighted by molar-refractivity contribution is 5.70. The summed E-state index contributed by atoms with van der Waals surface area (Å²) in [6.07, 6.45) is 35.8. The number of carbonyl (C=O) groups is 3. The van der Waals surface area contributed by atoms with Crippen molar-refractivity contribution in [1.29, 1.82) is 0 Å². The molecule has 0 N–H and O–H groups in total. The minimum Gasteiger partial charge on any atom is -0.462 e. The quantitative estimate of drug-likeness (QED) is 0.0280. The molecule has 0 heterocycles. The van der Waals surface area contributed by atoms with Crippen LogP contribution < -0.4 is 0 Å². The van der Waals surface area contributed by atoms with Gasteiger partial charge in [-0.25, -0.2) is 0 Å². The van der Waals surface area contributed by atoms with Gasteiger partial charge < -0.3 is 19.1 Å². The second kappa shape index (κ2) is 37.1. The van der Waals surface area contributed by atoms with Crippen LogP contribution in [0.3, 0.4) is 0 Å². The van der Waals surface area contributed by atoms with E-state index in [4.69, 9.17) is 14.2 Å². The van der Waals surface area contributed by atoms with Crippen molar-refractivity contribution in [3.05, 3.63) is 24.3 Å². The van der Waals surface area contributed by atoms with Gasteiger partial charge in [0.25, 0.3) is 0 Å². The number of nitrogens with zero attached hydrogens (tertiary/aromatic N) is 1. The van der Waals surface area contributed by atoms with Gasteiger partial charge in [-0.2, -0.15) is 0 Å². The number of carbonyl (C=O) groups excluding carboxylic acids is 3. The van der Waals surface area contributed by atoms with Crippen LogP contribution in [-0.4, -0.2) is 62.8 Å². The van der Waals surface area contributed by atoms with Crippen molar-refractivity contribution in [2.24, 2.45) is 0 Å². The highest BCUT2D eigenvalue weighted by atomic mass is 16.5. The van der Waals surface area contributed by atoms with E-state index >= 15 is 0 Å². The highest BCUT2D eigenvalue weighted by Gasteiger charge is 2.14. The van der Waals surface area contributed by atoms with Gasteiger partial charge in [0.05, 0.1) is 0 Å². The zero-order valence-electron chi connectivity index (χ0n) is 32.5. The summed E-state index contributed by atoms with van der Waals surface area (Å²) in [7, 11) is 4.12. The Bertz CT molecular complexity index is 772. The number of esters is 3. The summed E-state index contributed by atoms with van der Waals surface area (Å²) in [6.45, 7) is 6.14. The molecule has 0 saturated heterocycles. The van der Waals surface area contributed by atoms with Crippen LogP contribution >= 0.6 is 0 Å². The van der Waals surface area contributed by atoms with Crippen LogP contribution in [0.15, 0.2) is 24.3 Å². The molecular formula is C42H77NO6. The molecular weight excluding hydrogens is 614 g/mol. The van der Waals surface area contributed by atoms with Gasteiger partial charge in [-0.1, -0.05) is 128 Å². The van der Waals surface area contributed by atoms with Crippen LogP contribution in [0.5, 0.6) is 0 Å². The topological polar surface area (TPSA) is 82.1 Å². The fourth-order valence-corrected chi connectivity index (χ4v) is 5.70. The summed E-state index contributed by atoms with van der Waals surface area (Å²) >= 11 is 0. The first-order valence-electron chi connectivity index (χ1n) is 20.3. The lowest BCUT2D eigenvalue weighted by atomic mass is 10.0. The van der Waals surface area contributed by atoms with Crippen LogP contribution in [0, 0.1) is 0 Å². The average molecular weight is 692 g/mol. The molecule has 7 heteroatoms. The molecule has 0 aliphatic rings. The van der Waals surface area contributed by atoms with Gasteiger partial charge in [-0.15, -0.1) is 0 Å². The summed E-state index contributed by atoms with van der Waals surface area (Å²) in [4.78, 5) is 38.5. The van der Waals surface area contributed by atoms with Crippen molar-refractivity contribution < 1.29 is 28.6 Å². The molecule has 49 heavy (non-hydrogen) atoms. The van der Waals surface area contributed by atoms with E-state index in [0.29, 0.717) is 32.5 Å². The molecule has 0 rings (SSSR count). The third kappa shape index (κ3) is 36.9. The molecule has 0 aromatic rings. The van der Waals surface area contributed by atoms with Gasteiger partial charge in [0.15, 0.2) is 0 Å². The summed E-state index contributed by atoms with van der Waals surface area (Å²) in [6, 6.07) is 0. The number of hydrogen-bond donors (Lipinski definition) is 0. The van der Waals surface area contributed by atoms with Crippen LogP contribution in [0.25, 0.3) is 0 Å². The Hall–Kier alpha value is -2.15. The van der Waals surface area contributed by atoms with E-state index in [2.05, 4.69) is 45.0 Å². The molecule has 0 atom stereocenters. The first-order chi connectivity index (χ1) is 23.9. The van der Waals surface area contributed by atoms with Crippen molar-refractivity contribution >= 4 is 17.9 Å². The van der Waals surface area contributed by atoms with E-state index < -0.39 is 0 Å². The SMILES string of the molecule is CCCC/C=C\COC(=O)CCCCCCCCCC(CCCCCCCCCC(=O)OC/C=C\CCCC)OC(=O)CCCCN(C)C. The van der Waals surface area contributed by atoms with Crippen LogP contribution in [0.4, 0.5) is 0 Å². The standard InChI is InChI=1S/C42H77NO6/c1-5-7-9-21-29-37-47-40(44)33-25-19-15-11-13-17-23-31-39(49-42(46)35-27-28-36-43(3)4)32-24-18-14-12-16-20-26-34-41(45)48-38-30-22-10-8-6-2/h21-22,29-30,39H,5-20,23-28,31-38H2,1-4H3/b29-21-,30-22-. The molecule has 0 aromatic heterocycles. The minimum atomic E-state index is -0.0887. The van der Waals surface area contributed by atoms with Gasteiger partial charge in [0, 0.05) is 19.3 Å². The Morgan fingerprint density at radius 2 is 0.878 bits per heavy atom. The minimum absolute atomic E-state index is 0.0290. The lowest BCUT2D eigenvalue weighted by Gasteiger charge is -2.18. The Balaban J connectivity index is 4.10. The molecule has 0 spiro atoms. The van der Waals surface area contributed by atoms with Crippen molar-refractivity contribution in [2.45, 2.75) is 193 Å². The van der Waals surface area contributed by atoms with Gasteiger partial charge in [0.1, 0.15) is 19.3 Å². The molecule has 0 bridgehead atoms. The Morgan fingerprint density at radius 1 is 0.490 bits per heavy atom. The normalized spacial score (nSPS) is 11.7. The fraction of sp³-hybridized carbons (Fsp3) is 0.833. The third-order valence-electron chi connectivity index (χ3n) is 8.81. The highest BCUT2D eigenvalue weighted by Crippen LogP contribution is 2.19. The van der Waals surface area contributed by atoms with E-state index in [1.54, 1.807) is 0 Å². The second-order valence-corrected chi connectivity index (χ2v) is 14.0. The van der Waals surface area contributed by atoms with Gasteiger partial charge in [0.2, 0.25) is 0 Å². The molecule has 0 unspecified atom stereocenters. The van der Waals surface area contributed by atoms with E-state index in [0.717, 1.165) is 109 Å². The first-order valence-corrected chi connectivity index (χ1v) is 20.3. The lowest BCUT2D eigenvalue weighted by Crippen LogP contribution is -2.19. The fourth-order valence-electron chi connectivity index (χ4n) is 5.70.